The summed E-state index contributed by atoms with van der Waals surface area (Å²) >= 11 is 0. The average molecular weight is 312 g/mol. The number of hydrogen-bond donors (Lipinski definition) is 1. The van der Waals surface area contributed by atoms with Crippen molar-refractivity contribution in [3.63, 3.8) is 0 Å². The van der Waals surface area contributed by atoms with Gasteiger partial charge in [-0.05, 0) is 31.8 Å². The van der Waals surface area contributed by atoms with Crippen LogP contribution in [-0.2, 0) is 0 Å². The minimum Gasteiger partial charge on any atom is -0.317 e. The zero-order valence-electron chi connectivity index (χ0n) is 16.1. The normalized spacial score (nSPS) is 12.7. The molecule has 0 saturated heterocycles. The molecule has 0 aliphatic carbocycles. The third-order valence-electron chi connectivity index (χ3n) is 4.85. The molecule has 0 heterocycles. The number of unbranched alkanes of at least 4 members (excludes halogenated alkanes) is 9. The molecule has 0 aromatic rings. The van der Waals surface area contributed by atoms with E-state index in [1.54, 1.807) is 0 Å². The van der Waals surface area contributed by atoms with Crippen molar-refractivity contribution < 1.29 is 0 Å². The van der Waals surface area contributed by atoms with Crippen LogP contribution in [0.25, 0.3) is 0 Å². The molecule has 1 unspecified atom stereocenters. The largest absolute Gasteiger partial charge is 0.317 e. The van der Waals surface area contributed by atoms with E-state index >= 15 is 0 Å². The van der Waals surface area contributed by atoms with E-state index in [0.29, 0.717) is 0 Å². The molecule has 1 heteroatoms. The zero-order valence-corrected chi connectivity index (χ0v) is 16.1. The van der Waals surface area contributed by atoms with Gasteiger partial charge in [0.1, 0.15) is 0 Å². The van der Waals surface area contributed by atoms with Crippen molar-refractivity contribution in [2.75, 3.05) is 13.1 Å². The van der Waals surface area contributed by atoms with E-state index in [-0.39, 0.29) is 0 Å². The van der Waals surface area contributed by atoms with Gasteiger partial charge in [-0.25, -0.2) is 0 Å². The highest BCUT2D eigenvalue weighted by Gasteiger charge is 2.06. The fourth-order valence-electron chi connectivity index (χ4n) is 3.34. The van der Waals surface area contributed by atoms with Crippen molar-refractivity contribution in [3.05, 3.63) is 0 Å². The molecule has 0 radical (unpaired) electrons. The van der Waals surface area contributed by atoms with E-state index in [1.807, 2.05) is 0 Å². The van der Waals surface area contributed by atoms with Crippen LogP contribution in [0.5, 0.6) is 0 Å². The maximum Gasteiger partial charge on any atom is -0.00463 e. The summed E-state index contributed by atoms with van der Waals surface area (Å²) in [5.41, 5.74) is 0. The first-order valence-electron chi connectivity index (χ1n) is 10.6. The van der Waals surface area contributed by atoms with E-state index in [9.17, 15) is 0 Å². The van der Waals surface area contributed by atoms with Crippen molar-refractivity contribution in [1.82, 2.24) is 5.32 Å². The predicted molar refractivity (Wildman–Crippen MR) is 103 cm³/mol. The molecule has 0 aromatic carbocycles. The topological polar surface area (TPSA) is 12.0 Å². The zero-order chi connectivity index (χ0) is 16.3. The predicted octanol–water partition coefficient (Wildman–Crippen LogP) is 7.10. The Balaban J connectivity index is 3.30. The molecule has 1 nitrogen and oxygen atoms in total. The Morgan fingerprint density at radius 3 is 1.73 bits per heavy atom. The lowest BCUT2D eigenvalue weighted by Gasteiger charge is -2.16. The first-order chi connectivity index (χ1) is 10.8. The van der Waals surface area contributed by atoms with Gasteiger partial charge in [-0.15, -0.1) is 0 Å². The van der Waals surface area contributed by atoms with Crippen LogP contribution in [0.1, 0.15) is 117 Å². The van der Waals surface area contributed by atoms with Crippen LogP contribution in [0.2, 0.25) is 0 Å². The van der Waals surface area contributed by atoms with E-state index in [1.165, 1.54) is 109 Å². The molecule has 0 spiro atoms. The Labute approximate surface area is 142 Å². The summed E-state index contributed by atoms with van der Waals surface area (Å²) in [7, 11) is 0. The first-order valence-corrected chi connectivity index (χ1v) is 10.6. The van der Waals surface area contributed by atoms with Gasteiger partial charge in [0.05, 0.1) is 0 Å². The quantitative estimate of drug-likeness (QED) is 0.266. The summed E-state index contributed by atoms with van der Waals surface area (Å²) in [4.78, 5) is 0. The van der Waals surface area contributed by atoms with Gasteiger partial charge in [-0.1, -0.05) is 104 Å². The summed E-state index contributed by atoms with van der Waals surface area (Å²) in [6.45, 7) is 9.41. The smallest absolute Gasteiger partial charge is 0.00463 e. The fraction of sp³-hybridized carbons (Fsp3) is 1.00. The summed E-state index contributed by atoms with van der Waals surface area (Å²) in [5, 5.41) is 3.68. The van der Waals surface area contributed by atoms with Crippen LogP contribution in [0, 0.1) is 5.92 Å². The number of nitrogens with one attached hydrogen (secondary N) is 1. The molecule has 1 atom stereocenters. The third-order valence-corrected chi connectivity index (χ3v) is 4.85. The monoisotopic (exact) mass is 311 g/mol. The molecule has 0 amide bonds. The summed E-state index contributed by atoms with van der Waals surface area (Å²) in [6, 6.07) is 0. The van der Waals surface area contributed by atoms with Gasteiger partial charge in [-0.3, -0.25) is 0 Å². The van der Waals surface area contributed by atoms with E-state index in [2.05, 4.69) is 26.1 Å². The molecule has 0 aromatic heterocycles. The summed E-state index contributed by atoms with van der Waals surface area (Å²) in [5.74, 6) is 0.975. The van der Waals surface area contributed by atoms with Gasteiger partial charge in [0.15, 0.2) is 0 Å². The third kappa shape index (κ3) is 16.3. The Kier molecular flexibility index (Phi) is 19.0. The van der Waals surface area contributed by atoms with Crippen LogP contribution in [0.4, 0.5) is 0 Å². The number of rotatable bonds is 18. The fourth-order valence-corrected chi connectivity index (χ4v) is 3.34. The minimum absolute atomic E-state index is 0.975. The lowest BCUT2D eigenvalue weighted by Crippen LogP contribution is -2.19. The highest BCUT2D eigenvalue weighted by Crippen LogP contribution is 2.18. The van der Waals surface area contributed by atoms with Gasteiger partial charge in [0.2, 0.25) is 0 Å². The van der Waals surface area contributed by atoms with Crippen LogP contribution in [0.15, 0.2) is 0 Å². The highest BCUT2D eigenvalue weighted by atomic mass is 14.8. The Morgan fingerprint density at radius 2 is 1.09 bits per heavy atom. The van der Waals surface area contributed by atoms with Crippen LogP contribution in [0.3, 0.4) is 0 Å². The SMILES string of the molecule is CCCCCCCCCCNCCC(CCC)CCCCC. The minimum atomic E-state index is 0.975. The molecule has 0 aliphatic rings. The summed E-state index contributed by atoms with van der Waals surface area (Å²) in [6.07, 6.45) is 21.3. The Bertz CT molecular complexity index is 190. The molecule has 0 bridgehead atoms. The summed E-state index contributed by atoms with van der Waals surface area (Å²) < 4.78 is 0. The van der Waals surface area contributed by atoms with Crippen LogP contribution >= 0.6 is 0 Å². The van der Waals surface area contributed by atoms with E-state index in [4.69, 9.17) is 0 Å². The second kappa shape index (κ2) is 19.0. The Hall–Kier alpha value is -0.0400. The molecular weight excluding hydrogens is 266 g/mol. The van der Waals surface area contributed by atoms with E-state index < -0.39 is 0 Å². The van der Waals surface area contributed by atoms with Crippen LogP contribution in [-0.4, -0.2) is 13.1 Å². The molecular formula is C21H45N. The van der Waals surface area contributed by atoms with Crippen LogP contribution < -0.4 is 5.32 Å². The van der Waals surface area contributed by atoms with Gasteiger partial charge >= 0.3 is 0 Å². The number of hydrogen-bond acceptors (Lipinski definition) is 1. The molecule has 0 rings (SSSR count). The van der Waals surface area contributed by atoms with Gasteiger partial charge < -0.3 is 5.32 Å². The maximum atomic E-state index is 3.68. The average Bonchev–Trinajstić information content (AvgIpc) is 2.52. The van der Waals surface area contributed by atoms with Gasteiger partial charge in [-0.2, -0.15) is 0 Å². The molecule has 22 heavy (non-hydrogen) atoms. The Morgan fingerprint density at radius 1 is 0.500 bits per heavy atom. The highest BCUT2D eigenvalue weighted by molar-refractivity contribution is 4.62. The molecule has 0 fully saturated rings. The van der Waals surface area contributed by atoms with Crippen molar-refractivity contribution in [2.24, 2.45) is 5.92 Å². The molecule has 0 saturated carbocycles. The van der Waals surface area contributed by atoms with Crippen molar-refractivity contribution >= 4 is 0 Å². The lowest BCUT2D eigenvalue weighted by molar-refractivity contribution is 0.387. The second-order valence-electron chi connectivity index (χ2n) is 7.16. The molecule has 1 N–H and O–H groups in total. The molecule has 0 aliphatic heterocycles. The standard InChI is InChI=1S/C21H45N/c1-4-7-9-10-11-12-13-15-19-22-20-18-21(16-6-3)17-14-8-5-2/h21-22H,4-20H2,1-3H3. The van der Waals surface area contributed by atoms with E-state index in [0.717, 1.165) is 5.92 Å². The van der Waals surface area contributed by atoms with Crippen molar-refractivity contribution in [3.8, 4) is 0 Å². The van der Waals surface area contributed by atoms with Gasteiger partial charge in [0, 0.05) is 0 Å². The van der Waals surface area contributed by atoms with Crippen molar-refractivity contribution in [1.29, 1.82) is 0 Å². The van der Waals surface area contributed by atoms with Crippen molar-refractivity contribution in [2.45, 2.75) is 117 Å². The first kappa shape index (κ1) is 22.0. The lowest BCUT2D eigenvalue weighted by atomic mass is 9.93. The molecule has 134 valence electrons. The maximum absolute atomic E-state index is 3.68. The van der Waals surface area contributed by atoms with Gasteiger partial charge in [0.25, 0.3) is 0 Å². The second-order valence-corrected chi connectivity index (χ2v) is 7.16.